The number of rotatable bonds is 5. The third-order valence-electron chi connectivity index (χ3n) is 4.55. The van der Waals surface area contributed by atoms with E-state index < -0.39 is 33.9 Å². The molecule has 8 heteroatoms. The molecule has 7 nitrogen and oxygen atoms in total. The Morgan fingerprint density at radius 2 is 1.71 bits per heavy atom. The zero-order valence-electron chi connectivity index (χ0n) is 18.1. The monoisotopic (exact) mass is 444 g/mol. The van der Waals surface area contributed by atoms with E-state index >= 15 is 0 Å². The van der Waals surface area contributed by atoms with Crippen LogP contribution in [0, 0.1) is 6.92 Å². The molecule has 1 N–H and O–H groups in total. The molecule has 1 amide bonds. The van der Waals surface area contributed by atoms with E-state index in [-0.39, 0.29) is 11.4 Å². The smallest absolute Gasteiger partial charge is 0.435 e. The maximum absolute atomic E-state index is 12.8. The topological polar surface area (TPSA) is 84.9 Å². The van der Waals surface area contributed by atoms with Crippen molar-refractivity contribution in [3.05, 3.63) is 77.9 Å². The first-order valence-corrected chi connectivity index (χ1v) is 11.5. The van der Waals surface area contributed by atoms with E-state index in [1.165, 1.54) is 0 Å². The molecule has 0 aromatic heterocycles. The number of hydroxylamine groups is 2. The van der Waals surface area contributed by atoms with Crippen molar-refractivity contribution in [3.63, 3.8) is 0 Å². The van der Waals surface area contributed by atoms with E-state index in [1.807, 2.05) is 37.3 Å². The van der Waals surface area contributed by atoms with Gasteiger partial charge in [0.15, 0.2) is 0 Å². The minimum atomic E-state index is -3.74. The Labute approximate surface area is 183 Å². The van der Waals surface area contributed by atoms with Crippen molar-refractivity contribution in [1.82, 2.24) is 9.79 Å². The molecule has 1 aliphatic rings. The highest BCUT2D eigenvalue weighted by Crippen LogP contribution is 2.27. The second-order valence-electron chi connectivity index (χ2n) is 8.36. The first-order chi connectivity index (χ1) is 14.5. The number of amides is 1. The number of aryl methyl sites for hydroxylation is 1. The highest BCUT2D eigenvalue weighted by Gasteiger charge is 2.34. The van der Waals surface area contributed by atoms with Crippen molar-refractivity contribution < 1.29 is 22.8 Å². The summed E-state index contributed by atoms with van der Waals surface area (Å²) in [6.07, 6.45) is 2.39. The minimum absolute atomic E-state index is 0.0620. The summed E-state index contributed by atoms with van der Waals surface area (Å²) in [5.41, 5.74) is 1.10. The van der Waals surface area contributed by atoms with Gasteiger partial charge in [-0.25, -0.2) is 17.9 Å². The van der Waals surface area contributed by atoms with Gasteiger partial charge in [0.2, 0.25) is 10.0 Å². The van der Waals surface area contributed by atoms with Gasteiger partial charge in [-0.2, -0.15) is 5.06 Å². The lowest BCUT2D eigenvalue weighted by Gasteiger charge is -2.36. The SMILES string of the molecule is Cc1ccc(S(=O)(=O)NC[C@H]2C=C[C@@H](c3ccccc3)ON2C(=O)OC(C)(C)C)cc1. The molecular formula is C23H28N2O5S. The van der Waals surface area contributed by atoms with E-state index in [4.69, 9.17) is 9.57 Å². The molecule has 166 valence electrons. The van der Waals surface area contributed by atoms with Gasteiger partial charge in [-0.3, -0.25) is 4.84 Å². The maximum Gasteiger partial charge on any atom is 0.435 e. The van der Waals surface area contributed by atoms with E-state index in [1.54, 1.807) is 57.2 Å². The molecule has 2 atom stereocenters. The van der Waals surface area contributed by atoms with Crippen molar-refractivity contribution in [2.45, 2.75) is 50.3 Å². The van der Waals surface area contributed by atoms with Crippen LogP contribution in [0.1, 0.15) is 38.0 Å². The number of sulfonamides is 1. The van der Waals surface area contributed by atoms with Crippen LogP contribution in [0.2, 0.25) is 0 Å². The van der Waals surface area contributed by atoms with Gasteiger partial charge in [0.25, 0.3) is 0 Å². The maximum atomic E-state index is 12.8. The van der Waals surface area contributed by atoms with Crippen molar-refractivity contribution in [1.29, 1.82) is 0 Å². The largest absolute Gasteiger partial charge is 0.442 e. The molecule has 0 unspecified atom stereocenters. The molecule has 0 spiro atoms. The van der Waals surface area contributed by atoms with Gasteiger partial charge >= 0.3 is 6.09 Å². The predicted octanol–water partition coefficient (Wildman–Crippen LogP) is 4.12. The van der Waals surface area contributed by atoms with Crippen molar-refractivity contribution in [3.8, 4) is 0 Å². The van der Waals surface area contributed by atoms with Crippen LogP contribution < -0.4 is 4.72 Å². The van der Waals surface area contributed by atoms with Crippen LogP contribution >= 0.6 is 0 Å². The Balaban J connectivity index is 1.80. The van der Waals surface area contributed by atoms with Gasteiger partial charge in [-0.05, 0) is 45.4 Å². The first-order valence-electron chi connectivity index (χ1n) is 10.0. The molecule has 1 aliphatic heterocycles. The van der Waals surface area contributed by atoms with Crippen LogP contribution in [0.15, 0.2) is 71.6 Å². The van der Waals surface area contributed by atoms with Gasteiger partial charge in [-0.1, -0.05) is 60.2 Å². The normalized spacial score (nSPS) is 19.3. The fraction of sp³-hybridized carbons (Fsp3) is 0.348. The van der Waals surface area contributed by atoms with Crippen LogP contribution in [-0.4, -0.2) is 37.8 Å². The molecule has 31 heavy (non-hydrogen) atoms. The highest BCUT2D eigenvalue weighted by molar-refractivity contribution is 7.89. The summed E-state index contributed by atoms with van der Waals surface area (Å²) in [7, 11) is -3.74. The minimum Gasteiger partial charge on any atom is -0.442 e. The molecule has 0 bridgehead atoms. The number of hydrogen-bond acceptors (Lipinski definition) is 5. The predicted molar refractivity (Wildman–Crippen MR) is 118 cm³/mol. The fourth-order valence-corrected chi connectivity index (χ4v) is 4.04. The Kier molecular flexibility index (Phi) is 6.83. The Morgan fingerprint density at radius 1 is 1.06 bits per heavy atom. The quantitative estimate of drug-likeness (QED) is 0.701. The Hall–Kier alpha value is -2.68. The lowest BCUT2D eigenvalue weighted by Crippen LogP contribution is -2.49. The molecular weight excluding hydrogens is 416 g/mol. The second kappa shape index (κ2) is 9.21. The van der Waals surface area contributed by atoms with E-state index in [0.717, 1.165) is 16.2 Å². The van der Waals surface area contributed by atoms with Gasteiger partial charge in [0.1, 0.15) is 11.7 Å². The zero-order valence-corrected chi connectivity index (χ0v) is 18.9. The molecule has 3 rings (SSSR count). The fourth-order valence-electron chi connectivity index (χ4n) is 2.99. The summed E-state index contributed by atoms with van der Waals surface area (Å²) in [5.74, 6) is 0. The molecule has 0 fully saturated rings. The number of benzene rings is 2. The number of nitrogens with zero attached hydrogens (tertiary/aromatic N) is 1. The van der Waals surface area contributed by atoms with E-state index in [0.29, 0.717) is 0 Å². The molecule has 0 radical (unpaired) electrons. The molecule has 0 saturated carbocycles. The van der Waals surface area contributed by atoms with Crippen LogP contribution in [-0.2, 0) is 19.6 Å². The van der Waals surface area contributed by atoms with E-state index in [9.17, 15) is 13.2 Å². The number of ether oxygens (including phenoxy) is 1. The van der Waals surface area contributed by atoms with Crippen molar-refractivity contribution in [2.24, 2.45) is 0 Å². The first kappa shape index (κ1) is 23.0. The van der Waals surface area contributed by atoms with E-state index in [2.05, 4.69) is 4.72 Å². The standard InChI is InChI=1S/C23H28N2O5S/c1-17-10-13-20(14-11-17)31(27,28)24-16-19-12-15-21(18-8-6-5-7-9-18)30-25(19)22(26)29-23(2,3)4/h5-15,19,21,24H,16H2,1-4H3/t19-,21+/m1/s1. The number of carbonyl (C=O) groups is 1. The average Bonchev–Trinajstić information content (AvgIpc) is 2.72. The van der Waals surface area contributed by atoms with Crippen LogP contribution in [0.3, 0.4) is 0 Å². The highest BCUT2D eigenvalue weighted by atomic mass is 32.2. The Morgan fingerprint density at radius 3 is 2.32 bits per heavy atom. The number of nitrogens with one attached hydrogen (secondary N) is 1. The number of carbonyl (C=O) groups excluding carboxylic acids is 1. The average molecular weight is 445 g/mol. The molecule has 0 aliphatic carbocycles. The van der Waals surface area contributed by atoms with Crippen molar-refractivity contribution >= 4 is 16.1 Å². The third-order valence-corrected chi connectivity index (χ3v) is 5.99. The Bertz CT molecular complexity index is 1030. The lowest BCUT2D eigenvalue weighted by molar-refractivity contribution is -0.191. The van der Waals surface area contributed by atoms with Crippen LogP contribution in [0.4, 0.5) is 4.79 Å². The molecule has 0 saturated heterocycles. The molecule has 2 aromatic rings. The lowest BCUT2D eigenvalue weighted by atomic mass is 10.1. The summed E-state index contributed by atoms with van der Waals surface area (Å²) in [6.45, 7) is 7.10. The van der Waals surface area contributed by atoms with Gasteiger partial charge in [0, 0.05) is 6.54 Å². The van der Waals surface area contributed by atoms with Crippen LogP contribution in [0.25, 0.3) is 0 Å². The zero-order chi connectivity index (χ0) is 22.6. The summed E-state index contributed by atoms with van der Waals surface area (Å²) < 4.78 is 33.4. The third kappa shape index (κ3) is 6.16. The number of hydrogen-bond donors (Lipinski definition) is 1. The molecule has 2 aromatic carbocycles. The summed E-state index contributed by atoms with van der Waals surface area (Å²) in [4.78, 5) is 18.9. The van der Waals surface area contributed by atoms with Gasteiger partial charge < -0.3 is 4.74 Å². The summed E-state index contributed by atoms with van der Waals surface area (Å²) in [5, 5.41) is 1.10. The van der Waals surface area contributed by atoms with Crippen molar-refractivity contribution in [2.75, 3.05) is 6.54 Å². The summed E-state index contributed by atoms with van der Waals surface area (Å²) in [6, 6.07) is 15.3. The molecule has 1 heterocycles. The van der Waals surface area contributed by atoms with Gasteiger partial charge in [-0.15, -0.1) is 0 Å². The van der Waals surface area contributed by atoms with Crippen LogP contribution in [0.5, 0.6) is 0 Å². The summed E-state index contributed by atoms with van der Waals surface area (Å²) >= 11 is 0. The second-order valence-corrected chi connectivity index (χ2v) is 10.1. The van der Waals surface area contributed by atoms with Gasteiger partial charge in [0.05, 0.1) is 10.9 Å².